The molecule has 11 heteroatoms. The molecule has 3 aromatic rings. The number of hydrogen-bond acceptors (Lipinski definition) is 5. The lowest BCUT2D eigenvalue weighted by Gasteiger charge is -2.12. The van der Waals surface area contributed by atoms with E-state index in [1.165, 1.54) is 30.3 Å². The minimum Gasteiger partial charge on any atom is -0.486 e. The van der Waals surface area contributed by atoms with E-state index in [1.807, 2.05) is 6.07 Å². The summed E-state index contributed by atoms with van der Waals surface area (Å²) in [4.78, 5) is 22.9. The maximum atomic E-state index is 12.5. The van der Waals surface area contributed by atoms with Gasteiger partial charge in [-0.3, -0.25) is 14.9 Å². The molecule has 0 aliphatic carbocycles. The molecule has 1 amide bonds. The molecule has 0 saturated carbocycles. The van der Waals surface area contributed by atoms with E-state index in [0.717, 1.165) is 5.56 Å². The third-order valence-electron chi connectivity index (χ3n) is 4.40. The molecular formula is C23H13Br2Cl2N3O4. The van der Waals surface area contributed by atoms with Gasteiger partial charge in [0.05, 0.1) is 13.9 Å². The fraction of sp³-hybridized carbons (Fsp3) is 0.0435. The second-order valence-electron chi connectivity index (χ2n) is 6.77. The number of nitro groups is 1. The Hall–Kier alpha value is -2.90. The number of amides is 1. The molecule has 0 unspecified atom stereocenters. The third kappa shape index (κ3) is 6.58. The highest BCUT2D eigenvalue weighted by Crippen LogP contribution is 2.36. The molecule has 172 valence electrons. The average Bonchev–Trinajstić information content (AvgIpc) is 2.78. The molecule has 0 saturated heterocycles. The zero-order valence-corrected chi connectivity index (χ0v) is 21.7. The van der Waals surface area contributed by atoms with Crippen LogP contribution >= 0.6 is 55.1 Å². The molecule has 0 fully saturated rings. The summed E-state index contributed by atoms with van der Waals surface area (Å²) in [5.74, 6) is -0.198. The standard InChI is InChI=1S/C23H13Br2Cl2N3O4/c24-19-7-13(8-20(25)22(19)34-12-14-4-5-16(26)9-21(14)27)6-15(11-28)23(31)29-17-2-1-3-18(10-17)30(32)33/h1-10H,12H2,(H,29,31)/b15-6+. The second kappa shape index (κ2) is 11.5. The van der Waals surface area contributed by atoms with Crippen LogP contribution in [0.5, 0.6) is 5.75 Å². The van der Waals surface area contributed by atoms with Gasteiger partial charge in [0.25, 0.3) is 11.6 Å². The van der Waals surface area contributed by atoms with Crippen molar-refractivity contribution in [2.45, 2.75) is 6.61 Å². The van der Waals surface area contributed by atoms with Crippen molar-refractivity contribution in [2.24, 2.45) is 0 Å². The lowest BCUT2D eigenvalue weighted by Crippen LogP contribution is -2.13. The normalized spacial score (nSPS) is 11.0. The maximum Gasteiger partial charge on any atom is 0.271 e. The minimum absolute atomic E-state index is 0.177. The number of nitriles is 1. The van der Waals surface area contributed by atoms with Crippen molar-refractivity contribution < 1.29 is 14.5 Å². The van der Waals surface area contributed by atoms with E-state index in [2.05, 4.69) is 37.2 Å². The number of non-ortho nitro benzene ring substituents is 1. The SMILES string of the molecule is N#C/C(=C\c1cc(Br)c(OCc2ccc(Cl)cc2Cl)c(Br)c1)C(=O)Nc1cccc([N+](=O)[O-])c1. The van der Waals surface area contributed by atoms with Crippen LogP contribution in [-0.4, -0.2) is 10.8 Å². The summed E-state index contributed by atoms with van der Waals surface area (Å²) in [6, 6.07) is 15.8. The van der Waals surface area contributed by atoms with Gasteiger partial charge < -0.3 is 10.1 Å². The van der Waals surface area contributed by atoms with Gasteiger partial charge in [-0.2, -0.15) is 5.26 Å². The fourth-order valence-corrected chi connectivity index (χ4v) is 4.71. The monoisotopic (exact) mass is 623 g/mol. The second-order valence-corrected chi connectivity index (χ2v) is 9.32. The first kappa shape index (κ1) is 25.7. The minimum atomic E-state index is -0.701. The summed E-state index contributed by atoms with van der Waals surface area (Å²) < 4.78 is 7.03. The number of nitrogens with zero attached hydrogens (tertiary/aromatic N) is 2. The van der Waals surface area contributed by atoms with Gasteiger partial charge in [-0.05, 0) is 73.8 Å². The Morgan fingerprint density at radius 2 is 1.85 bits per heavy atom. The van der Waals surface area contributed by atoms with Gasteiger partial charge in [-0.25, -0.2) is 0 Å². The molecule has 3 aromatic carbocycles. The zero-order chi connectivity index (χ0) is 24.8. The summed E-state index contributed by atoms with van der Waals surface area (Å²) in [7, 11) is 0. The number of carbonyl (C=O) groups excluding carboxylic acids is 1. The first-order valence-electron chi connectivity index (χ1n) is 9.41. The van der Waals surface area contributed by atoms with E-state index in [1.54, 1.807) is 30.3 Å². The zero-order valence-electron chi connectivity index (χ0n) is 17.0. The van der Waals surface area contributed by atoms with Crippen LogP contribution in [0.4, 0.5) is 11.4 Å². The average molecular weight is 626 g/mol. The summed E-state index contributed by atoms with van der Waals surface area (Å²) in [5, 5.41) is 23.9. The van der Waals surface area contributed by atoms with Crippen LogP contribution < -0.4 is 10.1 Å². The molecule has 34 heavy (non-hydrogen) atoms. The van der Waals surface area contributed by atoms with Gasteiger partial charge in [0, 0.05) is 33.4 Å². The van der Waals surface area contributed by atoms with E-state index < -0.39 is 10.8 Å². The summed E-state index contributed by atoms with van der Waals surface area (Å²) in [6.07, 6.45) is 1.39. The summed E-state index contributed by atoms with van der Waals surface area (Å²) >= 11 is 19.0. The van der Waals surface area contributed by atoms with E-state index in [9.17, 15) is 20.2 Å². The smallest absolute Gasteiger partial charge is 0.271 e. The largest absolute Gasteiger partial charge is 0.486 e. The highest BCUT2D eigenvalue weighted by molar-refractivity contribution is 9.11. The Bertz CT molecular complexity index is 1330. The molecule has 3 rings (SSSR count). The van der Waals surface area contributed by atoms with Crippen LogP contribution in [0.2, 0.25) is 10.0 Å². The highest BCUT2D eigenvalue weighted by Gasteiger charge is 2.14. The quantitative estimate of drug-likeness (QED) is 0.126. The first-order chi connectivity index (χ1) is 16.2. The van der Waals surface area contributed by atoms with Crippen molar-refractivity contribution in [3.63, 3.8) is 0 Å². The van der Waals surface area contributed by atoms with Crippen molar-refractivity contribution in [2.75, 3.05) is 5.32 Å². The Labute approximate surface area is 221 Å². The number of benzene rings is 3. The van der Waals surface area contributed by atoms with Gasteiger partial charge in [-0.1, -0.05) is 35.3 Å². The Morgan fingerprint density at radius 1 is 1.15 bits per heavy atom. The molecule has 0 aliphatic heterocycles. The number of nitrogens with one attached hydrogen (secondary N) is 1. The fourth-order valence-electron chi connectivity index (χ4n) is 2.80. The van der Waals surface area contributed by atoms with Crippen LogP contribution in [0.15, 0.2) is 69.1 Å². The number of anilines is 1. The van der Waals surface area contributed by atoms with Gasteiger partial charge in [0.15, 0.2) is 0 Å². The van der Waals surface area contributed by atoms with E-state index in [-0.39, 0.29) is 23.6 Å². The van der Waals surface area contributed by atoms with Crippen LogP contribution in [0.25, 0.3) is 6.08 Å². The number of carbonyl (C=O) groups is 1. The van der Waals surface area contributed by atoms with Crippen molar-refractivity contribution in [3.05, 3.63) is 100 Å². The summed E-state index contributed by atoms with van der Waals surface area (Å²) in [6.45, 7) is 0.192. The van der Waals surface area contributed by atoms with E-state index >= 15 is 0 Å². The van der Waals surface area contributed by atoms with Gasteiger partial charge in [0.1, 0.15) is 24.0 Å². The number of nitro benzene ring substituents is 1. The van der Waals surface area contributed by atoms with Crippen molar-refractivity contribution in [1.29, 1.82) is 5.26 Å². The number of hydrogen-bond donors (Lipinski definition) is 1. The van der Waals surface area contributed by atoms with Crippen LogP contribution in [0.3, 0.4) is 0 Å². The molecule has 0 spiro atoms. The Kier molecular flexibility index (Phi) is 8.69. The van der Waals surface area contributed by atoms with Gasteiger partial charge in [0.2, 0.25) is 0 Å². The molecule has 0 aliphatic rings. The summed E-state index contributed by atoms with van der Waals surface area (Å²) in [5.41, 5.74) is 1.13. The Balaban J connectivity index is 1.78. The van der Waals surface area contributed by atoms with Crippen molar-refractivity contribution in [3.8, 4) is 11.8 Å². The first-order valence-corrected chi connectivity index (χ1v) is 11.8. The van der Waals surface area contributed by atoms with Gasteiger partial charge >= 0.3 is 0 Å². The Morgan fingerprint density at radius 3 is 2.47 bits per heavy atom. The highest BCUT2D eigenvalue weighted by atomic mass is 79.9. The molecule has 0 bridgehead atoms. The van der Waals surface area contributed by atoms with E-state index in [0.29, 0.717) is 30.3 Å². The van der Waals surface area contributed by atoms with Crippen molar-refractivity contribution >= 4 is 78.4 Å². The van der Waals surface area contributed by atoms with Crippen molar-refractivity contribution in [1.82, 2.24) is 0 Å². The molecule has 1 N–H and O–H groups in total. The third-order valence-corrected chi connectivity index (χ3v) is 6.16. The lowest BCUT2D eigenvalue weighted by atomic mass is 10.1. The molecular weight excluding hydrogens is 613 g/mol. The number of ether oxygens (including phenoxy) is 1. The predicted molar refractivity (Wildman–Crippen MR) is 138 cm³/mol. The van der Waals surface area contributed by atoms with Crippen LogP contribution in [0.1, 0.15) is 11.1 Å². The van der Waals surface area contributed by atoms with Crippen LogP contribution in [-0.2, 0) is 11.4 Å². The predicted octanol–water partition coefficient (Wildman–Crippen LogP) is 7.55. The number of halogens is 4. The topological polar surface area (TPSA) is 105 Å². The lowest BCUT2D eigenvalue weighted by molar-refractivity contribution is -0.384. The number of rotatable bonds is 7. The van der Waals surface area contributed by atoms with Crippen LogP contribution in [0, 0.1) is 21.4 Å². The van der Waals surface area contributed by atoms with E-state index in [4.69, 9.17) is 27.9 Å². The molecule has 0 heterocycles. The van der Waals surface area contributed by atoms with Gasteiger partial charge in [-0.15, -0.1) is 0 Å². The molecule has 7 nitrogen and oxygen atoms in total. The molecule has 0 aromatic heterocycles. The molecule has 0 radical (unpaired) electrons. The maximum absolute atomic E-state index is 12.5. The molecule has 0 atom stereocenters.